The van der Waals surface area contributed by atoms with Crippen LogP contribution in [0.3, 0.4) is 0 Å². The second-order valence-electron chi connectivity index (χ2n) is 9.45. The average molecular weight is 548 g/mol. The number of carbonyl (C=O) groups is 2. The number of benzene rings is 4. The molecule has 0 saturated heterocycles. The molecule has 1 atom stereocenters. The number of carboxylic acids is 1. The van der Waals surface area contributed by atoms with Gasteiger partial charge in [-0.05, 0) is 39.1 Å². The molecule has 1 amide bonds. The minimum absolute atomic E-state index is 0.0327. The fraction of sp³-hybridized carbons (Fsp3) is 0.156. The second-order valence-corrected chi connectivity index (χ2v) is 9.45. The number of alkyl carbamates (subject to hydrolysis) is 1. The van der Waals surface area contributed by atoms with Gasteiger partial charge in [0.1, 0.15) is 18.2 Å². The third kappa shape index (κ3) is 5.99. The van der Waals surface area contributed by atoms with Gasteiger partial charge in [0.15, 0.2) is 5.82 Å². The first-order valence-corrected chi connectivity index (χ1v) is 13.2. The van der Waals surface area contributed by atoms with Crippen LogP contribution >= 0.6 is 0 Å². The first kappa shape index (κ1) is 27.3. The highest BCUT2D eigenvalue weighted by Gasteiger charge is 2.41. The first-order chi connectivity index (χ1) is 20.1. The van der Waals surface area contributed by atoms with Crippen molar-refractivity contribution in [1.82, 2.24) is 25.5 Å². The number of aliphatic carboxylic acids is 1. The Bertz CT molecular complexity index is 1460. The van der Waals surface area contributed by atoms with E-state index in [1.165, 1.54) is 0 Å². The molecule has 41 heavy (non-hydrogen) atoms. The molecule has 0 aliphatic heterocycles. The number of aryl methyl sites for hydroxylation is 1. The number of amides is 1. The Balaban J connectivity index is 1.46. The molecule has 0 spiro atoms. The van der Waals surface area contributed by atoms with Crippen molar-refractivity contribution in [3.63, 3.8) is 0 Å². The van der Waals surface area contributed by atoms with Crippen molar-refractivity contribution in [3.8, 4) is 0 Å². The highest BCUT2D eigenvalue weighted by molar-refractivity contribution is 5.79. The van der Waals surface area contributed by atoms with Crippen LogP contribution in [-0.4, -0.2) is 43.4 Å². The molecule has 0 radical (unpaired) electrons. The Morgan fingerprint density at radius 2 is 1.27 bits per heavy atom. The highest BCUT2D eigenvalue weighted by Crippen LogP contribution is 2.40. The van der Waals surface area contributed by atoms with Gasteiger partial charge in [-0.15, -0.1) is 5.10 Å². The maximum atomic E-state index is 12.4. The second kappa shape index (κ2) is 12.7. The van der Waals surface area contributed by atoms with Crippen LogP contribution in [0.5, 0.6) is 0 Å². The molecule has 0 unspecified atom stereocenters. The van der Waals surface area contributed by atoms with E-state index in [0.29, 0.717) is 5.82 Å². The van der Waals surface area contributed by atoms with Crippen molar-refractivity contribution in [2.45, 2.75) is 31.0 Å². The van der Waals surface area contributed by atoms with E-state index in [1.54, 1.807) is 4.68 Å². The molecule has 9 nitrogen and oxygen atoms in total. The fourth-order valence-corrected chi connectivity index (χ4v) is 4.96. The third-order valence-corrected chi connectivity index (χ3v) is 6.89. The van der Waals surface area contributed by atoms with Gasteiger partial charge in [0.25, 0.3) is 0 Å². The normalized spacial score (nSPS) is 11.9. The van der Waals surface area contributed by atoms with Gasteiger partial charge in [-0.2, -0.15) is 0 Å². The van der Waals surface area contributed by atoms with E-state index in [9.17, 15) is 14.7 Å². The molecular weight excluding hydrogens is 518 g/mol. The van der Waals surface area contributed by atoms with Crippen LogP contribution in [-0.2, 0) is 28.1 Å². The van der Waals surface area contributed by atoms with Crippen molar-refractivity contribution in [1.29, 1.82) is 0 Å². The predicted octanol–water partition coefficient (Wildman–Crippen LogP) is 4.83. The monoisotopic (exact) mass is 547 g/mol. The zero-order valence-electron chi connectivity index (χ0n) is 22.2. The topological polar surface area (TPSA) is 119 Å². The summed E-state index contributed by atoms with van der Waals surface area (Å²) in [5.74, 6) is -0.714. The number of nitrogens with zero attached hydrogens (tertiary/aromatic N) is 4. The zero-order valence-corrected chi connectivity index (χ0v) is 22.2. The summed E-state index contributed by atoms with van der Waals surface area (Å²) >= 11 is 0. The van der Waals surface area contributed by atoms with Gasteiger partial charge in [-0.3, -0.25) is 0 Å². The summed E-state index contributed by atoms with van der Waals surface area (Å²) in [6.45, 7) is 0.0327. The van der Waals surface area contributed by atoms with Gasteiger partial charge >= 0.3 is 12.1 Å². The summed E-state index contributed by atoms with van der Waals surface area (Å²) in [5.41, 5.74) is 2.66. The summed E-state index contributed by atoms with van der Waals surface area (Å²) in [5, 5.41) is 25.1. The number of aromatic nitrogens is 4. The minimum Gasteiger partial charge on any atom is -0.480 e. The summed E-state index contributed by atoms with van der Waals surface area (Å²) in [4.78, 5) is 24.5. The number of rotatable bonds is 11. The fourth-order valence-electron chi connectivity index (χ4n) is 4.96. The number of hydrogen-bond donors (Lipinski definition) is 2. The third-order valence-electron chi connectivity index (χ3n) is 6.89. The molecule has 1 aromatic heterocycles. The van der Waals surface area contributed by atoms with Crippen molar-refractivity contribution >= 4 is 12.1 Å². The SMILES string of the molecule is O=C(N[C@@H](CCc1nnnn1C(c1ccccc1)(c1ccccc1)c1ccccc1)C(=O)O)OCc1ccccc1. The molecule has 0 aliphatic carbocycles. The molecule has 1 heterocycles. The number of hydrogen-bond acceptors (Lipinski definition) is 6. The molecule has 0 fully saturated rings. The Morgan fingerprint density at radius 1 is 0.780 bits per heavy atom. The Labute approximate surface area is 237 Å². The van der Waals surface area contributed by atoms with Crippen molar-refractivity contribution in [2.75, 3.05) is 0 Å². The van der Waals surface area contributed by atoms with Gasteiger partial charge in [0.2, 0.25) is 0 Å². The van der Waals surface area contributed by atoms with Crippen molar-refractivity contribution in [3.05, 3.63) is 149 Å². The van der Waals surface area contributed by atoms with E-state index in [2.05, 4.69) is 20.8 Å². The summed E-state index contributed by atoms with van der Waals surface area (Å²) in [7, 11) is 0. The van der Waals surface area contributed by atoms with Crippen LogP contribution in [0.15, 0.2) is 121 Å². The summed E-state index contributed by atoms with van der Waals surface area (Å²) < 4.78 is 6.99. The Morgan fingerprint density at radius 3 is 1.76 bits per heavy atom. The summed E-state index contributed by atoms with van der Waals surface area (Å²) in [6.07, 6.45) is -0.588. The molecule has 2 N–H and O–H groups in total. The molecule has 4 aromatic carbocycles. The lowest BCUT2D eigenvalue weighted by molar-refractivity contribution is -0.139. The van der Waals surface area contributed by atoms with E-state index in [1.807, 2.05) is 121 Å². The molecule has 0 saturated carbocycles. The molecule has 206 valence electrons. The average Bonchev–Trinajstić information content (AvgIpc) is 3.49. The van der Waals surface area contributed by atoms with Crippen LogP contribution in [0.25, 0.3) is 0 Å². The van der Waals surface area contributed by atoms with Gasteiger partial charge in [-0.25, -0.2) is 14.3 Å². The van der Waals surface area contributed by atoms with Gasteiger partial charge < -0.3 is 15.2 Å². The van der Waals surface area contributed by atoms with Crippen molar-refractivity contribution < 1.29 is 19.4 Å². The Kier molecular flexibility index (Phi) is 8.44. The lowest BCUT2D eigenvalue weighted by atomic mass is 9.77. The van der Waals surface area contributed by atoms with E-state index >= 15 is 0 Å². The Hall–Kier alpha value is -5.31. The van der Waals surface area contributed by atoms with E-state index in [4.69, 9.17) is 4.74 Å². The van der Waals surface area contributed by atoms with E-state index in [0.717, 1.165) is 22.3 Å². The quantitative estimate of drug-likeness (QED) is 0.228. The maximum Gasteiger partial charge on any atom is 0.408 e. The molecular formula is C32H29N5O4. The maximum absolute atomic E-state index is 12.4. The van der Waals surface area contributed by atoms with Crippen LogP contribution < -0.4 is 5.32 Å². The number of nitrogens with one attached hydrogen (secondary N) is 1. The van der Waals surface area contributed by atoms with Gasteiger partial charge in [0.05, 0.1) is 0 Å². The molecule has 0 bridgehead atoms. The largest absolute Gasteiger partial charge is 0.480 e. The van der Waals surface area contributed by atoms with Crippen molar-refractivity contribution in [2.24, 2.45) is 0 Å². The molecule has 5 aromatic rings. The molecule has 5 rings (SSSR count). The summed E-state index contributed by atoms with van der Waals surface area (Å²) in [6, 6.07) is 37.7. The van der Waals surface area contributed by atoms with Crippen LogP contribution in [0, 0.1) is 0 Å². The molecule has 9 heteroatoms. The standard InChI is InChI=1S/C32H29N5O4/c38-30(39)28(33-31(40)41-23-24-13-5-1-6-14-24)21-22-29-34-35-36-37(29)32(25-15-7-2-8-16-25,26-17-9-3-10-18-26)27-19-11-4-12-20-27/h1-20,28H,21-23H2,(H,33,40)(H,38,39)/t28-/m0/s1. The first-order valence-electron chi connectivity index (χ1n) is 13.2. The van der Waals surface area contributed by atoms with E-state index < -0.39 is 23.6 Å². The smallest absolute Gasteiger partial charge is 0.408 e. The lowest BCUT2D eigenvalue weighted by Crippen LogP contribution is -2.42. The van der Waals surface area contributed by atoms with Crippen LogP contribution in [0.4, 0.5) is 4.79 Å². The van der Waals surface area contributed by atoms with Gasteiger partial charge in [0, 0.05) is 6.42 Å². The van der Waals surface area contributed by atoms with Gasteiger partial charge in [-0.1, -0.05) is 121 Å². The van der Waals surface area contributed by atoms with Crippen LogP contribution in [0.1, 0.15) is 34.5 Å². The number of carbonyl (C=O) groups excluding carboxylic acids is 1. The predicted molar refractivity (Wildman–Crippen MR) is 152 cm³/mol. The zero-order chi connectivity index (χ0) is 28.5. The number of ether oxygens (including phenoxy) is 1. The minimum atomic E-state index is -1.21. The highest BCUT2D eigenvalue weighted by atomic mass is 16.5. The number of tetrazole rings is 1. The lowest BCUT2D eigenvalue weighted by Gasteiger charge is -2.36. The van der Waals surface area contributed by atoms with E-state index in [-0.39, 0.29) is 19.4 Å². The van der Waals surface area contributed by atoms with Crippen LogP contribution in [0.2, 0.25) is 0 Å². The number of carboxylic acid groups (broad SMARTS) is 1. The molecule has 0 aliphatic rings.